The minimum atomic E-state index is -0.652. The van der Waals surface area contributed by atoms with E-state index in [0.29, 0.717) is 12.2 Å². The lowest BCUT2D eigenvalue weighted by atomic mass is 10.0. The van der Waals surface area contributed by atoms with Crippen LogP contribution in [0.2, 0.25) is 0 Å². The molecule has 0 radical (unpaired) electrons. The van der Waals surface area contributed by atoms with E-state index in [1.165, 1.54) is 0 Å². The maximum atomic E-state index is 12.7. The normalized spacial score (nSPS) is 11.8. The monoisotopic (exact) mass is 376 g/mol. The number of carbonyl (C=O) groups is 2. The van der Waals surface area contributed by atoms with Crippen molar-refractivity contribution in [3.63, 3.8) is 0 Å². The summed E-state index contributed by atoms with van der Waals surface area (Å²) < 4.78 is 0. The fraction of sp³-hybridized carbons (Fsp3) is 0.227. The zero-order valence-electron chi connectivity index (χ0n) is 16.0. The molecule has 1 unspecified atom stereocenters. The van der Waals surface area contributed by atoms with Gasteiger partial charge < -0.3 is 16.0 Å². The highest BCUT2D eigenvalue weighted by molar-refractivity contribution is 5.98. The molecule has 0 aliphatic carbocycles. The molecule has 0 aliphatic heterocycles. The van der Waals surface area contributed by atoms with E-state index in [0.717, 1.165) is 16.5 Å². The third-order valence-corrected chi connectivity index (χ3v) is 4.40. The third-order valence-electron chi connectivity index (χ3n) is 4.40. The van der Waals surface area contributed by atoms with Crippen LogP contribution in [0.3, 0.4) is 0 Å². The number of pyridine rings is 1. The Kier molecular flexibility index (Phi) is 6.22. The number of urea groups is 1. The number of hydrogen-bond donors (Lipinski definition) is 3. The fourth-order valence-electron chi connectivity index (χ4n) is 2.88. The number of carbonyl (C=O) groups excluding carboxylic acids is 2. The topological polar surface area (TPSA) is 83.1 Å². The lowest BCUT2D eigenvalue weighted by molar-refractivity contribution is -0.118. The van der Waals surface area contributed by atoms with E-state index in [1.807, 2.05) is 68.4 Å². The van der Waals surface area contributed by atoms with Crippen molar-refractivity contribution in [2.24, 2.45) is 5.92 Å². The van der Waals surface area contributed by atoms with Gasteiger partial charge in [-0.25, -0.2) is 4.79 Å². The highest BCUT2D eigenvalue weighted by Gasteiger charge is 2.24. The quantitative estimate of drug-likeness (QED) is 0.613. The number of rotatable bonds is 6. The summed E-state index contributed by atoms with van der Waals surface area (Å²) in [4.78, 5) is 29.3. The van der Waals surface area contributed by atoms with Crippen LogP contribution in [0.4, 0.5) is 10.5 Å². The van der Waals surface area contributed by atoms with Crippen molar-refractivity contribution < 1.29 is 9.59 Å². The first-order chi connectivity index (χ1) is 13.5. The first-order valence-electron chi connectivity index (χ1n) is 9.27. The Morgan fingerprint density at radius 2 is 1.79 bits per heavy atom. The van der Waals surface area contributed by atoms with Crippen molar-refractivity contribution in [2.75, 3.05) is 5.32 Å². The fourth-order valence-corrected chi connectivity index (χ4v) is 2.88. The smallest absolute Gasteiger partial charge is 0.315 e. The second kappa shape index (κ2) is 8.99. The van der Waals surface area contributed by atoms with E-state index in [2.05, 4.69) is 20.9 Å². The molecule has 0 aliphatic rings. The predicted octanol–water partition coefficient (Wildman–Crippen LogP) is 3.70. The molecule has 3 aromatic rings. The molecule has 28 heavy (non-hydrogen) atoms. The molecule has 3 rings (SSSR count). The first kappa shape index (κ1) is 19.4. The zero-order valence-corrected chi connectivity index (χ0v) is 16.0. The molecule has 3 N–H and O–H groups in total. The molecule has 6 nitrogen and oxygen atoms in total. The molecule has 1 atom stereocenters. The predicted molar refractivity (Wildman–Crippen MR) is 111 cm³/mol. The Morgan fingerprint density at radius 1 is 1.00 bits per heavy atom. The minimum Gasteiger partial charge on any atom is -0.334 e. The van der Waals surface area contributed by atoms with Crippen molar-refractivity contribution >= 4 is 28.5 Å². The summed E-state index contributed by atoms with van der Waals surface area (Å²) >= 11 is 0. The Hall–Kier alpha value is -3.41. The third kappa shape index (κ3) is 5.07. The SMILES string of the molecule is CC(C)C(NC(=O)NCc1ccccc1)C(=O)Nc1ccc2ncccc2c1. The molecule has 0 fully saturated rings. The van der Waals surface area contributed by atoms with E-state index in [-0.39, 0.29) is 17.9 Å². The van der Waals surface area contributed by atoms with Gasteiger partial charge in [0.2, 0.25) is 5.91 Å². The van der Waals surface area contributed by atoms with Crippen LogP contribution < -0.4 is 16.0 Å². The van der Waals surface area contributed by atoms with Crippen molar-refractivity contribution in [2.45, 2.75) is 26.4 Å². The van der Waals surface area contributed by atoms with E-state index in [4.69, 9.17) is 0 Å². The molecule has 0 saturated heterocycles. The van der Waals surface area contributed by atoms with Crippen LogP contribution >= 0.6 is 0 Å². The number of fused-ring (bicyclic) bond motifs is 1. The van der Waals surface area contributed by atoms with Crippen LogP contribution in [-0.2, 0) is 11.3 Å². The van der Waals surface area contributed by atoms with Crippen molar-refractivity contribution in [3.8, 4) is 0 Å². The van der Waals surface area contributed by atoms with Crippen molar-refractivity contribution in [1.82, 2.24) is 15.6 Å². The molecule has 144 valence electrons. The van der Waals surface area contributed by atoms with Gasteiger partial charge in [-0.05, 0) is 35.7 Å². The van der Waals surface area contributed by atoms with Gasteiger partial charge in [-0.2, -0.15) is 0 Å². The van der Waals surface area contributed by atoms with Crippen LogP contribution in [0.25, 0.3) is 10.9 Å². The van der Waals surface area contributed by atoms with Gasteiger partial charge in [0.05, 0.1) is 5.52 Å². The minimum absolute atomic E-state index is 0.0652. The zero-order chi connectivity index (χ0) is 19.9. The molecular formula is C22H24N4O2. The van der Waals surface area contributed by atoms with Crippen LogP contribution in [0.1, 0.15) is 19.4 Å². The van der Waals surface area contributed by atoms with E-state index in [1.54, 1.807) is 12.3 Å². The Bertz CT molecular complexity index is 957. The van der Waals surface area contributed by atoms with Crippen LogP contribution in [-0.4, -0.2) is 23.0 Å². The second-order valence-electron chi connectivity index (χ2n) is 6.93. The summed E-state index contributed by atoms with van der Waals surface area (Å²) in [6.45, 7) is 4.19. The number of benzene rings is 2. The molecule has 0 bridgehead atoms. The Balaban J connectivity index is 1.61. The van der Waals surface area contributed by atoms with Gasteiger partial charge in [0.15, 0.2) is 0 Å². The van der Waals surface area contributed by atoms with Gasteiger partial charge in [0.1, 0.15) is 6.04 Å². The number of aromatic nitrogens is 1. The van der Waals surface area contributed by atoms with Crippen LogP contribution in [0.5, 0.6) is 0 Å². The number of hydrogen-bond acceptors (Lipinski definition) is 3. The van der Waals surface area contributed by atoms with E-state index in [9.17, 15) is 9.59 Å². The Labute approximate surface area is 164 Å². The lowest BCUT2D eigenvalue weighted by Gasteiger charge is -2.22. The average molecular weight is 376 g/mol. The van der Waals surface area contributed by atoms with Crippen molar-refractivity contribution in [1.29, 1.82) is 0 Å². The van der Waals surface area contributed by atoms with Gasteiger partial charge in [0.25, 0.3) is 0 Å². The van der Waals surface area contributed by atoms with Crippen molar-refractivity contribution in [3.05, 3.63) is 72.4 Å². The van der Waals surface area contributed by atoms with Gasteiger partial charge in [-0.1, -0.05) is 50.2 Å². The molecule has 2 aromatic carbocycles. The average Bonchev–Trinajstić information content (AvgIpc) is 2.71. The summed E-state index contributed by atoms with van der Waals surface area (Å²) in [6.07, 6.45) is 1.73. The Morgan fingerprint density at radius 3 is 2.54 bits per heavy atom. The molecule has 6 heteroatoms. The van der Waals surface area contributed by atoms with Gasteiger partial charge in [-0.3, -0.25) is 9.78 Å². The van der Waals surface area contributed by atoms with Gasteiger partial charge >= 0.3 is 6.03 Å². The number of nitrogens with one attached hydrogen (secondary N) is 3. The largest absolute Gasteiger partial charge is 0.334 e. The summed E-state index contributed by atoms with van der Waals surface area (Å²) in [7, 11) is 0. The number of amides is 3. The van der Waals surface area contributed by atoms with E-state index >= 15 is 0 Å². The molecular weight excluding hydrogens is 352 g/mol. The summed E-state index contributed by atoms with van der Waals surface area (Å²) in [5.74, 6) is -0.322. The molecule has 1 aromatic heterocycles. The first-order valence-corrected chi connectivity index (χ1v) is 9.27. The molecule has 0 saturated carbocycles. The van der Waals surface area contributed by atoms with Crippen LogP contribution in [0, 0.1) is 5.92 Å². The number of anilines is 1. The summed E-state index contributed by atoms with van der Waals surface area (Å²) in [5, 5.41) is 9.38. The molecule has 3 amide bonds. The van der Waals surface area contributed by atoms with Crippen LogP contribution in [0.15, 0.2) is 66.9 Å². The number of nitrogens with zero attached hydrogens (tertiary/aromatic N) is 1. The maximum absolute atomic E-state index is 12.7. The van der Waals surface area contributed by atoms with Gasteiger partial charge in [-0.15, -0.1) is 0 Å². The highest BCUT2D eigenvalue weighted by Crippen LogP contribution is 2.17. The van der Waals surface area contributed by atoms with E-state index < -0.39 is 6.04 Å². The molecule has 0 spiro atoms. The lowest BCUT2D eigenvalue weighted by Crippen LogP contribution is -2.50. The summed E-state index contributed by atoms with van der Waals surface area (Å²) in [5.41, 5.74) is 2.52. The highest BCUT2D eigenvalue weighted by atomic mass is 16.2. The second-order valence-corrected chi connectivity index (χ2v) is 6.93. The standard InChI is InChI=1S/C22H24N4O2/c1-15(2)20(26-22(28)24-14-16-7-4-3-5-8-16)21(27)25-18-10-11-19-17(13-18)9-6-12-23-19/h3-13,15,20H,14H2,1-2H3,(H,25,27)(H2,24,26,28). The maximum Gasteiger partial charge on any atom is 0.315 e. The molecule has 1 heterocycles. The summed E-state index contributed by atoms with van der Waals surface area (Å²) in [6, 6.07) is 17.9. The van der Waals surface area contributed by atoms with Gasteiger partial charge in [0, 0.05) is 23.8 Å².